The Balaban J connectivity index is 1.75. The molecule has 166 valence electrons. The Hall–Kier alpha value is -2.67. The molecule has 1 N–H and O–H groups in total. The number of hydrogen-bond acceptors (Lipinski definition) is 6. The predicted molar refractivity (Wildman–Crippen MR) is 121 cm³/mol. The molecule has 1 aliphatic rings. The first kappa shape index (κ1) is 23.0. The highest BCUT2D eigenvalue weighted by atomic mass is 32.1. The maximum absolute atomic E-state index is 12.8. The van der Waals surface area contributed by atoms with Crippen molar-refractivity contribution in [2.45, 2.75) is 64.9 Å². The van der Waals surface area contributed by atoms with E-state index in [9.17, 15) is 14.4 Å². The second-order valence-electron chi connectivity index (χ2n) is 7.68. The SMILES string of the molecule is CCOC(=O)c1c(NC(=O)CCc2ccccc2)sc(C(=O)OC2CCCCC2)c1C. The Morgan fingerprint density at radius 2 is 1.77 bits per heavy atom. The summed E-state index contributed by atoms with van der Waals surface area (Å²) in [6.07, 6.45) is 5.77. The number of nitrogens with one attached hydrogen (secondary N) is 1. The molecule has 1 aromatic heterocycles. The fourth-order valence-electron chi connectivity index (χ4n) is 3.72. The molecule has 0 aliphatic heterocycles. The first-order chi connectivity index (χ1) is 15.0. The number of amides is 1. The van der Waals surface area contributed by atoms with E-state index < -0.39 is 11.9 Å². The molecular weight excluding hydrogens is 414 g/mol. The van der Waals surface area contributed by atoms with Crippen LogP contribution >= 0.6 is 11.3 Å². The number of carbonyl (C=O) groups is 3. The van der Waals surface area contributed by atoms with Crippen molar-refractivity contribution in [3.63, 3.8) is 0 Å². The van der Waals surface area contributed by atoms with Gasteiger partial charge in [-0.25, -0.2) is 9.59 Å². The average Bonchev–Trinajstić information content (AvgIpc) is 3.09. The first-order valence-corrected chi connectivity index (χ1v) is 11.7. The smallest absolute Gasteiger partial charge is 0.348 e. The van der Waals surface area contributed by atoms with Gasteiger partial charge >= 0.3 is 11.9 Å². The zero-order valence-electron chi connectivity index (χ0n) is 18.1. The Bertz CT molecular complexity index is 916. The Kier molecular flexibility index (Phi) is 8.23. The minimum Gasteiger partial charge on any atom is -0.462 e. The number of esters is 2. The third kappa shape index (κ3) is 6.17. The van der Waals surface area contributed by atoms with Crippen LogP contribution in [0.15, 0.2) is 30.3 Å². The first-order valence-electron chi connectivity index (χ1n) is 10.8. The maximum atomic E-state index is 12.8. The standard InChI is InChI=1S/C24H29NO5S/c1-3-29-23(27)20-16(2)21(24(28)30-18-12-8-5-9-13-18)31-22(20)25-19(26)15-14-17-10-6-4-7-11-17/h4,6-7,10-11,18H,3,5,8-9,12-15H2,1-2H3,(H,25,26). The van der Waals surface area contributed by atoms with Crippen LogP contribution in [0.25, 0.3) is 0 Å². The van der Waals surface area contributed by atoms with Crippen LogP contribution in [0.2, 0.25) is 0 Å². The summed E-state index contributed by atoms with van der Waals surface area (Å²) in [6.45, 7) is 3.62. The molecule has 1 saturated carbocycles. The summed E-state index contributed by atoms with van der Waals surface area (Å²) in [5.41, 5.74) is 1.78. The lowest BCUT2D eigenvalue weighted by atomic mass is 9.98. The van der Waals surface area contributed by atoms with Gasteiger partial charge in [0.15, 0.2) is 0 Å². The Morgan fingerprint density at radius 3 is 2.45 bits per heavy atom. The Labute approximate surface area is 186 Å². The van der Waals surface area contributed by atoms with Gasteiger partial charge in [0.2, 0.25) is 5.91 Å². The molecule has 1 fully saturated rings. The van der Waals surface area contributed by atoms with Gasteiger partial charge in [0, 0.05) is 6.42 Å². The third-order valence-electron chi connectivity index (χ3n) is 5.37. The van der Waals surface area contributed by atoms with Gasteiger partial charge in [-0.05, 0) is 57.1 Å². The van der Waals surface area contributed by atoms with E-state index in [4.69, 9.17) is 9.47 Å². The summed E-state index contributed by atoms with van der Waals surface area (Å²) in [4.78, 5) is 38.2. The molecule has 1 aliphatic carbocycles. The van der Waals surface area contributed by atoms with E-state index >= 15 is 0 Å². The van der Waals surface area contributed by atoms with Crippen LogP contribution in [-0.2, 0) is 20.7 Å². The van der Waals surface area contributed by atoms with Crippen molar-refractivity contribution >= 4 is 34.2 Å². The fraction of sp³-hybridized carbons (Fsp3) is 0.458. The van der Waals surface area contributed by atoms with Crippen LogP contribution in [0, 0.1) is 6.92 Å². The topological polar surface area (TPSA) is 81.7 Å². The van der Waals surface area contributed by atoms with E-state index in [-0.39, 0.29) is 30.6 Å². The molecule has 0 atom stereocenters. The summed E-state index contributed by atoms with van der Waals surface area (Å²) < 4.78 is 10.9. The second kappa shape index (κ2) is 11.1. The number of rotatable bonds is 8. The van der Waals surface area contributed by atoms with Gasteiger partial charge in [0.25, 0.3) is 0 Å². The van der Waals surface area contributed by atoms with Gasteiger partial charge < -0.3 is 14.8 Å². The van der Waals surface area contributed by atoms with E-state index in [0.717, 1.165) is 49.0 Å². The molecule has 31 heavy (non-hydrogen) atoms. The Morgan fingerprint density at radius 1 is 1.06 bits per heavy atom. The van der Waals surface area contributed by atoms with Crippen LogP contribution < -0.4 is 5.32 Å². The summed E-state index contributed by atoms with van der Waals surface area (Å²) in [5.74, 6) is -1.21. The molecule has 0 spiro atoms. The molecule has 1 amide bonds. The van der Waals surface area contributed by atoms with Gasteiger partial charge in [0.1, 0.15) is 16.0 Å². The van der Waals surface area contributed by atoms with Crippen LogP contribution in [0.4, 0.5) is 5.00 Å². The molecule has 1 aromatic carbocycles. The molecule has 3 rings (SSSR count). The van der Waals surface area contributed by atoms with Crippen molar-refractivity contribution in [3.8, 4) is 0 Å². The summed E-state index contributed by atoms with van der Waals surface area (Å²) in [6, 6.07) is 9.72. The van der Waals surface area contributed by atoms with Crippen LogP contribution in [0.1, 0.15) is 76.6 Å². The van der Waals surface area contributed by atoms with E-state index in [1.807, 2.05) is 30.3 Å². The molecule has 6 nitrogen and oxygen atoms in total. The number of hydrogen-bond donors (Lipinski definition) is 1. The lowest BCUT2D eigenvalue weighted by Gasteiger charge is -2.21. The highest BCUT2D eigenvalue weighted by Crippen LogP contribution is 2.35. The van der Waals surface area contributed by atoms with Crippen LogP contribution in [-0.4, -0.2) is 30.6 Å². The largest absolute Gasteiger partial charge is 0.462 e. The highest BCUT2D eigenvalue weighted by molar-refractivity contribution is 7.18. The van der Waals surface area contributed by atoms with Gasteiger partial charge in [-0.1, -0.05) is 36.8 Å². The zero-order chi connectivity index (χ0) is 22.2. The second-order valence-corrected chi connectivity index (χ2v) is 8.70. The summed E-state index contributed by atoms with van der Waals surface area (Å²) in [5, 5.41) is 3.15. The monoisotopic (exact) mass is 443 g/mol. The molecule has 0 saturated heterocycles. The van der Waals surface area contributed by atoms with Crippen LogP contribution in [0.5, 0.6) is 0 Å². The van der Waals surface area contributed by atoms with Crippen molar-refractivity contribution in [1.29, 1.82) is 0 Å². The van der Waals surface area contributed by atoms with Crippen molar-refractivity contribution in [3.05, 3.63) is 51.9 Å². The maximum Gasteiger partial charge on any atom is 0.348 e. The minimum absolute atomic E-state index is 0.0855. The molecular formula is C24H29NO5S. The molecule has 0 bridgehead atoms. The van der Waals surface area contributed by atoms with Crippen molar-refractivity contribution < 1.29 is 23.9 Å². The van der Waals surface area contributed by atoms with Crippen LogP contribution in [0.3, 0.4) is 0 Å². The molecule has 7 heteroatoms. The summed E-state index contributed by atoms with van der Waals surface area (Å²) in [7, 11) is 0. The number of anilines is 1. The van der Waals surface area contributed by atoms with E-state index in [2.05, 4.69) is 5.32 Å². The zero-order valence-corrected chi connectivity index (χ0v) is 18.9. The van der Waals surface area contributed by atoms with E-state index in [0.29, 0.717) is 21.9 Å². The predicted octanol–water partition coefficient (Wildman–Crippen LogP) is 5.29. The number of benzene rings is 1. The van der Waals surface area contributed by atoms with Gasteiger partial charge in [0.05, 0.1) is 12.2 Å². The molecule has 1 heterocycles. The number of ether oxygens (including phenoxy) is 2. The molecule has 2 aromatic rings. The van der Waals surface area contributed by atoms with Crippen molar-refractivity contribution in [1.82, 2.24) is 0 Å². The number of aryl methyl sites for hydroxylation is 1. The molecule has 0 radical (unpaired) electrons. The molecule has 0 unspecified atom stereocenters. The number of carbonyl (C=O) groups excluding carboxylic acids is 3. The fourth-order valence-corrected chi connectivity index (χ4v) is 4.82. The van der Waals surface area contributed by atoms with Gasteiger partial charge in [-0.2, -0.15) is 0 Å². The lowest BCUT2D eigenvalue weighted by Crippen LogP contribution is -2.21. The normalized spacial score (nSPS) is 14.1. The van der Waals surface area contributed by atoms with Crippen molar-refractivity contribution in [2.75, 3.05) is 11.9 Å². The lowest BCUT2D eigenvalue weighted by molar-refractivity contribution is -0.116. The number of thiophene rings is 1. The third-order valence-corrected chi connectivity index (χ3v) is 6.56. The quantitative estimate of drug-likeness (QED) is 0.560. The average molecular weight is 444 g/mol. The van der Waals surface area contributed by atoms with E-state index in [1.54, 1.807) is 13.8 Å². The van der Waals surface area contributed by atoms with Gasteiger partial charge in [-0.3, -0.25) is 4.79 Å². The van der Waals surface area contributed by atoms with Crippen molar-refractivity contribution in [2.24, 2.45) is 0 Å². The minimum atomic E-state index is -0.550. The highest BCUT2D eigenvalue weighted by Gasteiger charge is 2.29. The van der Waals surface area contributed by atoms with E-state index in [1.165, 1.54) is 0 Å². The summed E-state index contributed by atoms with van der Waals surface area (Å²) >= 11 is 1.08. The van der Waals surface area contributed by atoms with Gasteiger partial charge in [-0.15, -0.1) is 11.3 Å².